The maximum Gasteiger partial charge on any atom is 0.236 e. The highest BCUT2D eigenvalue weighted by Crippen LogP contribution is 2.23. The van der Waals surface area contributed by atoms with Gasteiger partial charge >= 0.3 is 0 Å². The SMILES string of the molecule is CN1CCOC(c2ccc(NS(=O)(=O)Cc3ccccc3)cc2)C1. The second-order valence-corrected chi connectivity index (χ2v) is 7.81. The van der Waals surface area contributed by atoms with Crippen LogP contribution in [0.4, 0.5) is 5.69 Å². The first-order valence-electron chi connectivity index (χ1n) is 7.96. The summed E-state index contributed by atoms with van der Waals surface area (Å²) in [6.45, 7) is 2.50. The lowest BCUT2D eigenvalue weighted by Crippen LogP contribution is -2.35. The fraction of sp³-hybridized carbons (Fsp3) is 0.333. The van der Waals surface area contributed by atoms with E-state index in [1.807, 2.05) is 30.3 Å². The maximum atomic E-state index is 12.3. The molecule has 128 valence electrons. The van der Waals surface area contributed by atoms with Crippen LogP contribution >= 0.6 is 0 Å². The molecule has 0 spiro atoms. The van der Waals surface area contributed by atoms with E-state index in [0.717, 1.165) is 24.2 Å². The topological polar surface area (TPSA) is 58.6 Å². The van der Waals surface area contributed by atoms with Gasteiger partial charge in [-0.1, -0.05) is 42.5 Å². The Kier molecular flexibility index (Phi) is 5.18. The molecule has 1 unspecified atom stereocenters. The summed E-state index contributed by atoms with van der Waals surface area (Å²) >= 11 is 0. The van der Waals surface area contributed by atoms with Crippen LogP contribution in [0.1, 0.15) is 17.2 Å². The number of benzene rings is 2. The lowest BCUT2D eigenvalue weighted by Gasteiger charge is -2.30. The van der Waals surface area contributed by atoms with Crippen LogP contribution in [0.25, 0.3) is 0 Å². The lowest BCUT2D eigenvalue weighted by molar-refractivity contribution is -0.0208. The Labute approximate surface area is 143 Å². The molecule has 0 aromatic heterocycles. The number of morpholine rings is 1. The van der Waals surface area contributed by atoms with Crippen molar-refractivity contribution in [2.24, 2.45) is 0 Å². The summed E-state index contributed by atoms with van der Waals surface area (Å²) in [4.78, 5) is 2.23. The minimum absolute atomic E-state index is 0.0356. The van der Waals surface area contributed by atoms with Gasteiger partial charge in [-0.2, -0.15) is 0 Å². The Balaban J connectivity index is 1.65. The molecule has 0 aliphatic carbocycles. The van der Waals surface area contributed by atoms with Gasteiger partial charge in [-0.05, 0) is 30.3 Å². The number of ether oxygens (including phenoxy) is 1. The van der Waals surface area contributed by atoms with Gasteiger partial charge < -0.3 is 9.64 Å². The molecule has 3 rings (SSSR count). The summed E-state index contributed by atoms with van der Waals surface area (Å²) < 4.78 is 32.9. The molecule has 2 aromatic carbocycles. The van der Waals surface area contributed by atoms with Crippen molar-refractivity contribution in [2.45, 2.75) is 11.9 Å². The van der Waals surface area contributed by atoms with Crippen LogP contribution in [0.3, 0.4) is 0 Å². The quantitative estimate of drug-likeness (QED) is 0.904. The van der Waals surface area contributed by atoms with Crippen LogP contribution in [0, 0.1) is 0 Å². The standard InChI is InChI=1S/C18H22N2O3S/c1-20-11-12-23-18(13-20)16-7-9-17(10-8-16)19-24(21,22)14-15-5-3-2-4-6-15/h2-10,18-19H,11-14H2,1H3. The number of hydrogen-bond donors (Lipinski definition) is 1. The zero-order chi connectivity index (χ0) is 17.0. The molecular formula is C18H22N2O3S. The monoisotopic (exact) mass is 346 g/mol. The molecule has 5 nitrogen and oxygen atoms in total. The van der Waals surface area contributed by atoms with Crippen molar-refractivity contribution in [3.8, 4) is 0 Å². The van der Waals surface area contributed by atoms with E-state index in [9.17, 15) is 8.42 Å². The van der Waals surface area contributed by atoms with Crippen molar-refractivity contribution in [3.63, 3.8) is 0 Å². The summed E-state index contributed by atoms with van der Waals surface area (Å²) in [5.74, 6) is -0.0356. The molecular weight excluding hydrogens is 324 g/mol. The lowest BCUT2D eigenvalue weighted by atomic mass is 10.1. The first kappa shape index (κ1) is 17.0. The Hall–Kier alpha value is -1.89. The number of sulfonamides is 1. The van der Waals surface area contributed by atoms with Gasteiger partial charge in [0.2, 0.25) is 10.0 Å². The third kappa shape index (κ3) is 4.56. The number of nitrogens with one attached hydrogen (secondary N) is 1. The smallest absolute Gasteiger partial charge is 0.236 e. The van der Waals surface area contributed by atoms with E-state index >= 15 is 0 Å². The molecule has 6 heteroatoms. The largest absolute Gasteiger partial charge is 0.371 e. The van der Waals surface area contributed by atoms with E-state index in [1.54, 1.807) is 24.3 Å². The first-order valence-corrected chi connectivity index (χ1v) is 9.61. The average molecular weight is 346 g/mol. The van der Waals surface area contributed by atoms with Gasteiger partial charge in [0, 0.05) is 18.8 Å². The van der Waals surface area contributed by atoms with Gasteiger partial charge in [0.25, 0.3) is 0 Å². The Morgan fingerprint density at radius 2 is 1.83 bits per heavy atom. The molecule has 0 saturated carbocycles. The molecule has 1 aliphatic rings. The van der Waals surface area contributed by atoms with E-state index in [-0.39, 0.29) is 11.9 Å². The van der Waals surface area contributed by atoms with Crippen molar-refractivity contribution in [1.29, 1.82) is 0 Å². The van der Waals surface area contributed by atoms with Crippen LogP contribution in [0.5, 0.6) is 0 Å². The average Bonchev–Trinajstić information content (AvgIpc) is 2.55. The van der Waals surface area contributed by atoms with E-state index in [2.05, 4.69) is 16.7 Å². The number of nitrogens with zero attached hydrogens (tertiary/aromatic N) is 1. The number of anilines is 1. The Bertz CT molecular complexity index is 761. The van der Waals surface area contributed by atoms with E-state index in [0.29, 0.717) is 12.3 Å². The van der Waals surface area contributed by atoms with Gasteiger partial charge in [0.05, 0.1) is 18.5 Å². The van der Waals surface area contributed by atoms with Gasteiger partial charge in [-0.15, -0.1) is 0 Å². The molecule has 0 bridgehead atoms. The van der Waals surface area contributed by atoms with Crippen LogP contribution in [0.15, 0.2) is 54.6 Å². The summed E-state index contributed by atoms with van der Waals surface area (Å²) in [5, 5.41) is 0. The Morgan fingerprint density at radius 3 is 2.50 bits per heavy atom. The van der Waals surface area contributed by atoms with E-state index in [4.69, 9.17) is 4.74 Å². The van der Waals surface area contributed by atoms with E-state index in [1.165, 1.54) is 0 Å². The van der Waals surface area contributed by atoms with Crippen LogP contribution in [-0.4, -0.2) is 40.1 Å². The van der Waals surface area contributed by atoms with Crippen LogP contribution in [-0.2, 0) is 20.5 Å². The fourth-order valence-electron chi connectivity index (χ4n) is 2.75. The summed E-state index contributed by atoms with van der Waals surface area (Å²) in [6.07, 6.45) is 0.0405. The summed E-state index contributed by atoms with van der Waals surface area (Å²) in [6, 6.07) is 16.6. The maximum absolute atomic E-state index is 12.3. The second-order valence-electron chi connectivity index (χ2n) is 6.09. The van der Waals surface area contributed by atoms with Gasteiger partial charge in [0.15, 0.2) is 0 Å². The van der Waals surface area contributed by atoms with Gasteiger partial charge in [-0.3, -0.25) is 4.72 Å². The van der Waals surface area contributed by atoms with Gasteiger partial charge in [0.1, 0.15) is 0 Å². The molecule has 1 saturated heterocycles. The van der Waals surface area contributed by atoms with Crippen molar-refractivity contribution in [2.75, 3.05) is 31.5 Å². The normalized spacial score (nSPS) is 19.1. The number of likely N-dealkylation sites (N-methyl/N-ethyl adjacent to an activating group) is 1. The molecule has 1 fully saturated rings. The van der Waals surface area contributed by atoms with Crippen LogP contribution in [0.2, 0.25) is 0 Å². The highest BCUT2D eigenvalue weighted by atomic mass is 32.2. The van der Waals surface area contributed by atoms with Crippen molar-refractivity contribution >= 4 is 15.7 Å². The van der Waals surface area contributed by atoms with Gasteiger partial charge in [-0.25, -0.2) is 8.42 Å². The molecule has 1 heterocycles. The molecule has 1 N–H and O–H groups in total. The molecule has 1 aliphatic heterocycles. The van der Waals surface area contributed by atoms with Crippen LogP contribution < -0.4 is 4.72 Å². The zero-order valence-electron chi connectivity index (χ0n) is 13.7. The third-order valence-corrected chi connectivity index (χ3v) is 5.28. The third-order valence-electron chi connectivity index (χ3n) is 4.02. The predicted molar refractivity (Wildman–Crippen MR) is 95.3 cm³/mol. The number of hydrogen-bond acceptors (Lipinski definition) is 4. The zero-order valence-corrected chi connectivity index (χ0v) is 14.5. The molecule has 24 heavy (non-hydrogen) atoms. The summed E-state index contributed by atoms with van der Waals surface area (Å²) in [7, 11) is -1.35. The Morgan fingerprint density at radius 1 is 1.12 bits per heavy atom. The van der Waals surface area contributed by atoms with Crippen molar-refractivity contribution < 1.29 is 13.2 Å². The molecule has 2 aromatic rings. The molecule has 0 radical (unpaired) electrons. The highest BCUT2D eigenvalue weighted by molar-refractivity contribution is 7.91. The van der Waals surface area contributed by atoms with E-state index < -0.39 is 10.0 Å². The first-order chi connectivity index (χ1) is 11.5. The minimum Gasteiger partial charge on any atom is -0.371 e. The second kappa shape index (κ2) is 7.34. The summed E-state index contributed by atoms with van der Waals surface area (Å²) in [5.41, 5.74) is 2.40. The predicted octanol–water partition coefficient (Wildman–Crippen LogP) is 2.63. The molecule has 0 amide bonds. The fourth-order valence-corrected chi connectivity index (χ4v) is 3.95. The van der Waals surface area contributed by atoms with Crippen molar-refractivity contribution in [3.05, 3.63) is 65.7 Å². The minimum atomic E-state index is -3.42. The number of rotatable bonds is 5. The van der Waals surface area contributed by atoms with Crippen molar-refractivity contribution in [1.82, 2.24) is 4.90 Å². The molecule has 1 atom stereocenters. The highest BCUT2D eigenvalue weighted by Gasteiger charge is 2.19.